The number of hydrogen-bond donors (Lipinski definition) is 0. The third-order valence-electron chi connectivity index (χ3n) is 6.50. The van der Waals surface area contributed by atoms with Gasteiger partial charge in [-0.2, -0.15) is 10.2 Å². The summed E-state index contributed by atoms with van der Waals surface area (Å²) in [5.41, 5.74) is 0.651. The van der Waals surface area contributed by atoms with Crippen molar-refractivity contribution in [3.63, 3.8) is 0 Å². The number of hydrogen-bond acceptors (Lipinski definition) is 5. The smallest absolute Gasteiger partial charge is 0.265 e. The molecule has 172 valence electrons. The molecule has 0 atom stereocenters. The van der Waals surface area contributed by atoms with Crippen molar-refractivity contribution in [3.05, 3.63) is 41.4 Å². The Kier molecular flexibility index (Phi) is 5.55. The van der Waals surface area contributed by atoms with Gasteiger partial charge in [0.15, 0.2) is 11.5 Å². The van der Waals surface area contributed by atoms with Crippen LogP contribution in [0.15, 0.2) is 23.6 Å². The fourth-order valence-electron chi connectivity index (χ4n) is 5.54. The van der Waals surface area contributed by atoms with Crippen LogP contribution in [0.25, 0.3) is 5.65 Å². The average Bonchev–Trinajstić information content (AvgIpc) is 3.28. The summed E-state index contributed by atoms with van der Waals surface area (Å²) in [6.07, 6.45) is 1.72. The fourth-order valence-corrected chi connectivity index (χ4v) is 7.86. The summed E-state index contributed by atoms with van der Waals surface area (Å²) >= 11 is 0. The number of alkyl halides is 2. The number of fused-ring (bicyclic) bond motifs is 1. The lowest BCUT2D eigenvalue weighted by Crippen LogP contribution is -2.68. The zero-order valence-electron chi connectivity index (χ0n) is 19.3. The Balaban J connectivity index is 1.80. The normalized spacial score (nSPS) is 19.5. The number of aryl methyl sites for hydroxylation is 1. The highest BCUT2D eigenvalue weighted by molar-refractivity contribution is 7.89. The molecule has 8 nitrogen and oxygen atoms in total. The highest BCUT2D eigenvalue weighted by atomic mass is 32.2. The standard InChI is InChI=1S/C17H23B4F3N6O2S/c1-8-10(6-29-15(12(8)22)25-7-27-29)9-3-16(18,19)30(17(20,21)4-9)33(31,32)11-5-26-28(2)13(11)14(23)24/h5-7,9,14H,3-4,18-21H2,1-2H3. The lowest BCUT2D eigenvalue weighted by Gasteiger charge is -2.55. The summed E-state index contributed by atoms with van der Waals surface area (Å²) in [5, 5.41) is 5.91. The van der Waals surface area contributed by atoms with Crippen molar-refractivity contribution in [2.75, 3.05) is 0 Å². The van der Waals surface area contributed by atoms with Crippen LogP contribution in [0, 0.1) is 12.7 Å². The molecule has 16 heteroatoms. The van der Waals surface area contributed by atoms with Crippen molar-refractivity contribution in [1.29, 1.82) is 0 Å². The summed E-state index contributed by atoms with van der Waals surface area (Å²) in [5.74, 6) is -0.652. The van der Waals surface area contributed by atoms with E-state index in [4.69, 9.17) is 0 Å². The van der Waals surface area contributed by atoms with Crippen molar-refractivity contribution >= 4 is 47.1 Å². The largest absolute Gasteiger partial charge is 0.281 e. The van der Waals surface area contributed by atoms with E-state index < -0.39 is 43.5 Å². The average molecular weight is 476 g/mol. The molecule has 0 radical (unpaired) electrons. The van der Waals surface area contributed by atoms with E-state index in [1.165, 1.54) is 22.2 Å². The highest BCUT2D eigenvalue weighted by Gasteiger charge is 2.52. The molecule has 1 aliphatic rings. The summed E-state index contributed by atoms with van der Waals surface area (Å²) in [6, 6.07) is 0. The first-order chi connectivity index (χ1) is 15.2. The fraction of sp³-hybridized carbons (Fsp3) is 0.471. The zero-order chi connectivity index (χ0) is 24.5. The van der Waals surface area contributed by atoms with Gasteiger partial charge in [-0.15, -0.1) is 0 Å². The van der Waals surface area contributed by atoms with Gasteiger partial charge in [0.25, 0.3) is 6.43 Å². The van der Waals surface area contributed by atoms with Crippen molar-refractivity contribution < 1.29 is 21.6 Å². The van der Waals surface area contributed by atoms with Crippen LogP contribution in [0.4, 0.5) is 13.2 Å². The monoisotopic (exact) mass is 476 g/mol. The van der Waals surface area contributed by atoms with Crippen molar-refractivity contribution in [1.82, 2.24) is 28.7 Å². The first kappa shape index (κ1) is 23.9. The number of sulfonamides is 1. The molecule has 1 fully saturated rings. The molecule has 0 spiro atoms. The van der Waals surface area contributed by atoms with Crippen molar-refractivity contribution in [2.45, 2.75) is 47.7 Å². The topological polar surface area (TPSA) is 85.4 Å². The minimum Gasteiger partial charge on any atom is -0.265 e. The molecule has 3 aromatic rings. The molecule has 4 rings (SSSR count). The number of rotatable bonds is 4. The molecule has 1 saturated heterocycles. The predicted octanol–water partition coefficient (Wildman–Crippen LogP) is -1.74. The minimum atomic E-state index is -4.31. The number of piperidine rings is 1. The van der Waals surface area contributed by atoms with Crippen LogP contribution in [-0.2, 0) is 17.1 Å². The van der Waals surface area contributed by atoms with Gasteiger partial charge in [-0.1, -0.05) is 0 Å². The van der Waals surface area contributed by atoms with E-state index in [1.807, 2.05) is 0 Å². The number of halogens is 3. The summed E-state index contributed by atoms with van der Waals surface area (Å²) < 4.78 is 73.3. The van der Waals surface area contributed by atoms with Crippen LogP contribution in [0.1, 0.15) is 42.0 Å². The third-order valence-corrected chi connectivity index (χ3v) is 8.84. The van der Waals surface area contributed by atoms with E-state index in [2.05, 4.69) is 15.2 Å². The van der Waals surface area contributed by atoms with E-state index in [0.29, 0.717) is 18.4 Å². The van der Waals surface area contributed by atoms with Crippen LogP contribution in [0.3, 0.4) is 0 Å². The van der Waals surface area contributed by atoms with Crippen LogP contribution in [0.5, 0.6) is 0 Å². The van der Waals surface area contributed by atoms with E-state index in [9.17, 15) is 21.6 Å². The maximum Gasteiger partial charge on any atom is 0.281 e. The van der Waals surface area contributed by atoms with Gasteiger partial charge in [0.2, 0.25) is 10.0 Å². The molecule has 0 unspecified atom stereocenters. The van der Waals surface area contributed by atoms with Gasteiger partial charge in [0, 0.05) is 13.2 Å². The van der Waals surface area contributed by atoms with E-state index in [1.54, 1.807) is 44.5 Å². The molecule has 1 aliphatic heterocycles. The number of nitrogens with zero attached hydrogens (tertiary/aromatic N) is 6. The van der Waals surface area contributed by atoms with Gasteiger partial charge in [0.05, 0.1) is 6.20 Å². The summed E-state index contributed by atoms with van der Waals surface area (Å²) in [4.78, 5) is 3.45. The molecule has 33 heavy (non-hydrogen) atoms. The Bertz CT molecular complexity index is 1330. The maximum absolute atomic E-state index is 14.9. The van der Waals surface area contributed by atoms with Gasteiger partial charge < -0.3 is 0 Å². The lowest BCUT2D eigenvalue weighted by atomic mass is 9.46. The van der Waals surface area contributed by atoms with Crippen LogP contribution < -0.4 is 0 Å². The quantitative estimate of drug-likeness (QED) is 0.418. The second-order valence-corrected chi connectivity index (χ2v) is 11.6. The van der Waals surface area contributed by atoms with Gasteiger partial charge in [-0.05, 0) is 47.5 Å². The van der Waals surface area contributed by atoms with Crippen LogP contribution >= 0.6 is 0 Å². The second kappa shape index (κ2) is 7.66. The van der Waals surface area contributed by atoms with Gasteiger partial charge in [-0.25, -0.2) is 35.4 Å². The predicted molar refractivity (Wildman–Crippen MR) is 126 cm³/mol. The van der Waals surface area contributed by atoms with E-state index >= 15 is 0 Å². The first-order valence-electron chi connectivity index (χ1n) is 10.5. The van der Waals surface area contributed by atoms with Crippen molar-refractivity contribution in [3.8, 4) is 0 Å². The Morgan fingerprint density at radius 1 is 1.15 bits per heavy atom. The van der Waals surface area contributed by atoms with Crippen LogP contribution in [0.2, 0.25) is 0 Å². The Labute approximate surface area is 193 Å². The molecule has 0 saturated carbocycles. The minimum absolute atomic E-state index is 0.130. The Morgan fingerprint density at radius 3 is 2.33 bits per heavy atom. The third kappa shape index (κ3) is 3.71. The lowest BCUT2D eigenvalue weighted by molar-refractivity contribution is 0.136. The zero-order valence-corrected chi connectivity index (χ0v) is 20.2. The summed E-state index contributed by atoms with van der Waals surface area (Å²) in [6.45, 7) is 1.67. The first-order valence-corrected chi connectivity index (χ1v) is 12.0. The molecule has 0 bridgehead atoms. The Hall–Kier alpha value is -2.21. The van der Waals surface area contributed by atoms with Gasteiger partial charge in [0.1, 0.15) is 48.3 Å². The molecular weight excluding hydrogens is 453 g/mol. The number of aromatic nitrogens is 5. The molecule has 3 aromatic heterocycles. The Morgan fingerprint density at radius 2 is 1.76 bits per heavy atom. The second-order valence-electron chi connectivity index (χ2n) is 9.87. The molecule has 4 heterocycles. The van der Waals surface area contributed by atoms with Crippen LogP contribution in [-0.4, -0.2) is 79.2 Å². The van der Waals surface area contributed by atoms with Gasteiger partial charge >= 0.3 is 0 Å². The van der Waals surface area contributed by atoms with Crippen molar-refractivity contribution in [2.24, 2.45) is 7.05 Å². The van der Waals surface area contributed by atoms with E-state index in [-0.39, 0.29) is 11.6 Å². The number of pyridine rings is 1. The molecule has 0 amide bonds. The molecule has 0 aromatic carbocycles. The maximum atomic E-state index is 14.9. The highest BCUT2D eigenvalue weighted by Crippen LogP contribution is 2.46. The van der Waals surface area contributed by atoms with Gasteiger partial charge in [-0.3, -0.25) is 4.68 Å². The molecule has 0 aliphatic carbocycles. The van der Waals surface area contributed by atoms with E-state index in [0.717, 1.165) is 16.4 Å². The summed E-state index contributed by atoms with van der Waals surface area (Å²) in [7, 11) is 4.02. The SMILES string of the molecule is BC1(B)CC(c2cn3ncnc3c(F)c2C)CC(B)(B)N1S(=O)(=O)c1cnn(C)c1C(F)F. The molecule has 0 N–H and O–H groups in total. The molecular formula is C17H23B4F3N6O2S.